The highest BCUT2D eigenvalue weighted by atomic mass is 15.2. The summed E-state index contributed by atoms with van der Waals surface area (Å²) in [7, 11) is 4.46. The number of hydrogen-bond donors (Lipinski definition) is 0. The lowest BCUT2D eigenvalue weighted by atomic mass is 9.56. The molecule has 0 amide bonds. The predicted molar refractivity (Wildman–Crippen MR) is 90.1 cm³/mol. The van der Waals surface area contributed by atoms with E-state index in [0.717, 1.165) is 17.8 Å². The Morgan fingerprint density at radius 1 is 1.15 bits per heavy atom. The van der Waals surface area contributed by atoms with Crippen LogP contribution in [0.1, 0.15) is 54.4 Å². The number of nitrogens with zero attached hydrogens (tertiary/aromatic N) is 2. The molecule has 20 heavy (non-hydrogen) atoms. The molecule has 3 unspecified atom stereocenters. The molecule has 0 spiro atoms. The second kappa shape index (κ2) is 7.26. The highest BCUT2D eigenvalue weighted by Gasteiger charge is 2.48. The third kappa shape index (κ3) is 3.57. The van der Waals surface area contributed by atoms with E-state index in [4.69, 9.17) is 0 Å². The van der Waals surface area contributed by atoms with Crippen LogP contribution in [0.4, 0.5) is 0 Å². The summed E-state index contributed by atoms with van der Waals surface area (Å²) in [5.74, 6) is 2.39. The first kappa shape index (κ1) is 18.0. The van der Waals surface area contributed by atoms with Crippen molar-refractivity contribution in [2.24, 2.45) is 23.2 Å². The van der Waals surface area contributed by atoms with Crippen LogP contribution in [0.25, 0.3) is 0 Å². The molecule has 120 valence electrons. The zero-order chi connectivity index (χ0) is 15.5. The fourth-order valence-corrected chi connectivity index (χ4v) is 4.58. The maximum atomic E-state index is 2.69. The molecule has 0 N–H and O–H groups in total. The van der Waals surface area contributed by atoms with Gasteiger partial charge in [-0.15, -0.1) is 0 Å². The molecule has 2 nitrogen and oxygen atoms in total. The van der Waals surface area contributed by atoms with E-state index in [1.807, 2.05) is 0 Å². The minimum atomic E-state index is 0.518. The molecule has 3 atom stereocenters. The van der Waals surface area contributed by atoms with E-state index < -0.39 is 0 Å². The van der Waals surface area contributed by atoms with Crippen molar-refractivity contribution in [3.63, 3.8) is 0 Å². The average Bonchev–Trinajstić information content (AvgIpc) is 2.36. The maximum Gasteiger partial charge on any atom is 0.00387 e. The summed E-state index contributed by atoms with van der Waals surface area (Å²) in [4.78, 5) is 5.09. The quantitative estimate of drug-likeness (QED) is 0.727. The number of likely N-dealkylation sites (tertiary alicyclic amines) is 1. The second-order valence-electron chi connectivity index (χ2n) is 7.87. The van der Waals surface area contributed by atoms with Gasteiger partial charge in [-0.1, -0.05) is 34.1 Å². The Balaban J connectivity index is 3.05. The normalized spacial score (nSPS) is 30.4. The van der Waals surface area contributed by atoms with Gasteiger partial charge in [-0.2, -0.15) is 0 Å². The Labute approximate surface area is 127 Å². The first-order chi connectivity index (χ1) is 9.25. The molecule has 0 saturated carbocycles. The van der Waals surface area contributed by atoms with Gasteiger partial charge >= 0.3 is 0 Å². The van der Waals surface area contributed by atoms with Crippen LogP contribution < -0.4 is 0 Å². The third-order valence-electron chi connectivity index (χ3n) is 5.97. The first-order valence-electron chi connectivity index (χ1n) is 8.64. The fraction of sp³-hybridized carbons (Fsp3) is 1.00. The number of hydrogen-bond acceptors (Lipinski definition) is 2. The molecule has 1 aliphatic rings. The van der Waals surface area contributed by atoms with Crippen molar-refractivity contribution < 1.29 is 0 Å². The van der Waals surface area contributed by atoms with Gasteiger partial charge in [0.05, 0.1) is 0 Å². The molecule has 0 bridgehead atoms. The van der Waals surface area contributed by atoms with Crippen LogP contribution in [0, 0.1) is 23.2 Å². The largest absolute Gasteiger partial charge is 0.309 e. The smallest absolute Gasteiger partial charge is 0.00387 e. The van der Waals surface area contributed by atoms with Gasteiger partial charge in [-0.25, -0.2) is 0 Å². The summed E-state index contributed by atoms with van der Waals surface area (Å²) in [6, 6.07) is 0.682. The SMILES string of the molecule is CCC(C)C1(C(C)C)CCN(C(C)C)CC1CN(C)C. The molecule has 0 radical (unpaired) electrons. The summed E-state index contributed by atoms with van der Waals surface area (Å²) in [5.41, 5.74) is 0.518. The van der Waals surface area contributed by atoms with E-state index in [1.165, 1.54) is 32.5 Å². The zero-order valence-corrected chi connectivity index (χ0v) is 15.2. The van der Waals surface area contributed by atoms with Crippen molar-refractivity contribution in [3.05, 3.63) is 0 Å². The summed E-state index contributed by atoms with van der Waals surface area (Å²) >= 11 is 0. The van der Waals surface area contributed by atoms with Crippen molar-refractivity contribution in [2.45, 2.75) is 60.4 Å². The van der Waals surface area contributed by atoms with E-state index in [2.05, 4.69) is 65.4 Å². The van der Waals surface area contributed by atoms with Gasteiger partial charge in [0.2, 0.25) is 0 Å². The summed E-state index contributed by atoms with van der Waals surface area (Å²) < 4.78 is 0. The lowest BCUT2D eigenvalue weighted by Gasteiger charge is -2.55. The Morgan fingerprint density at radius 3 is 2.15 bits per heavy atom. The molecule has 0 aromatic heterocycles. The minimum absolute atomic E-state index is 0.518. The molecule has 0 aromatic carbocycles. The van der Waals surface area contributed by atoms with Crippen LogP contribution in [0.15, 0.2) is 0 Å². The van der Waals surface area contributed by atoms with Gasteiger partial charge in [0.1, 0.15) is 0 Å². The van der Waals surface area contributed by atoms with Gasteiger partial charge in [0, 0.05) is 19.1 Å². The maximum absolute atomic E-state index is 2.69. The number of piperidine rings is 1. The molecular weight excluding hydrogens is 244 g/mol. The molecular formula is C18H38N2. The molecule has 2 heteroatoms. The van der Waals surface area contributed by atoms with Crippen LogP contribution in [-0.2, 0) is 0 Å². The van der Waals surface area contributed by atoms with Crippen molar-refractivity contribution in [3.8, 4) is 0 Å². The lowest BCUT2D eigenvalue weighted by molar-refractivity contribution is -0.0644. The fourth-order valence-electron chi connectivity index (χ4n) is 4.58. The molecule has 1 rings (SSSR count). The van der Waals surface area contributed by atoms with Gasteiger partial charge in [-0.3, -0.25) is 0 Å². The Morgan fingerprint density at radius 2 is 1.75 bits per heavy atom. The molecule has 0 aliphatic carbocycles. The molecule has 1 fully saturated rings. The van der Waals surface area contributed by atoms with E-state index in [0.29, 0.717) is 11.5 Å². The minimum Gasteiger partial charge on any atom is -0.309 e. The van der Waals surface area contributed by atoms with Crippen LogP contribution in [0.5, 0.6) is 0 Å². The highest BCUT2D eigenvalue weighted by Crippen LogP contribution is 2.50. The topological polar surface area (TPSA) is 6.48 Å². The number of rotatable bonds is 6. The van der Waals surface area contributed by atoms with Gasteiger partial charge < -0.3 is 9.80 Å². The second-order valence-corrected chi connectivity index (χ2v) is 7.87. The van der Waals surface area contributed by atoms with E-state index >= 15 is 0 Å². The summed E-state index contributed by atoms with van der Waals surface area (Å²) in [6.07, 6.45) is 2.68. The standard InChI is InChI=1S/C18H38N2/c1-9-16(6)18(14(2)3)10-11-20(15(4)5)13-17(18)12-19(7)8/h14-17H,9-13H2,1-8H3. The van der Waals surface area contributed by atoms with E-state index in [-0.39, 0.29) is 0 Å². The third-order valence-corrected chi connectivity index (χ3v) is 5.97. The van der Waals surface area contributed by atoms with Crippen LogP contribution in [0.3, 0.4) is 0 Å². The Bertz CT molecular complexity index is 285. The monoisotopic (exact) mass is 282 g/mol. The molecule has 0 aromatic rings. The van der Waals surface area contributed by atoms with E-state index in [9.17, 15) is 0 Å². The first-order valence-corrected chi connectivity index (χ1v) is 8.64. The lowest BCUT2D eigenvalue weighted by Crippen LogP contribution is -2.56. The van der Waals surface area contributed by atoms with Gasteiger partial charge in [0.25, 0.3) is 0 Å². The average molecular weight is 283 g/mol. The summed E-state index contributed by atoms with van der Waals surface area (Å²) in [5, 5.41) is 0. The Hall–Kier alpha value is -0.0800. The van der Waals surface area contributed by atoms with Crippen molar-refractivity contribution in [1.82, 2.24) is 9.80 Å². The van der Waals surface area contributed by atoms with Crippen molar-refractivity contribution >= 4 is 0 Å². The van der Waals surface area contributed by atoms with E-state index in [1.54, 1.807) is 0 Å². The molecule has 1 saturated heterocycles. The zero-order valence-electron chi connectivity index (χ0n) is 15.2. The highest BCUT2D eigenvalue weighted by molar-refractivity contribution is 4.98. The molecule has 1 aliphatic heterocycles. The Kier molecular flexibility index (Phi) is 6.53. The molecule has 1 heterocycles. The van der Waals surface area contributed by atoms with Crippen LogP contribution >= 0.6 is 0 Å². The van der Waals surface area contributed by atoms with Crippen molar-refractivity contribution in [2.75, 3.05) is 33.7 Å². The van der Waals surface area contributed by atoms with Crippen LogP contribution in [-0.4, -0.2) is 49.6 Å². The van der Waals surface area contributed by atoms with Gasteiger partial charge in [-0.05, 0) is 64.1 Å². The van der Waals surface area contributed by atoms with Gasteiger partial charge in [0.15, 0.2) is 0 Å². The van der Waals surface area contributed by atoms with Crippen molar-refractivity contribution in [1.29, 1.82) is 0 Å². The van der Waals surface area contributed by atoms with Crippen LogP contribution in [0.2, 0.25) is 0 Å². The predicted octanol–water partition coefficient (Wildman–Crippen LogP) is 3.97. The summed E-state index contributed by atoms with van der Waals surface area (Å²) in [6.45, 7) is 18.3.